The van der Waals surface area contributed by atoms with E-state index in [4.69, 9.17) is 0 Å². The Morgan fingerprint density at radius 1 is 1.39 bits per heavy atom. The lowest BCUT2D eigenvalue weighted by Crippen LogP contribution is -2.33. The third kappa shape index (κ3) is 6.15. The molecular weight excluding hydrogens is 320 g/mol. The van der Waals surface area contributed by atoms with Gasteiger partial charge in [-0.2, -0.15) is 0 Å². The Bertz CT molecular complexity index is 668. The zero-order valence-corrected chi connectivity index (χ0v) is 14.7. The summed E-state index contributed by atoms with van der Waals surface area (Å²) in [6, 6.07) is 3.70. The van der Waals surface area contributed by atoms with Gasteiger partial charge in [0.25, 0.3) is 5.69 Å². The molecule has 1 aromatic rings. The number of hydrogen-bond donors (Lipinski definition) is 2. The second kappa shape index (κ2) is 7.27. The van der Waals surface area contributed by atoms with Crippen molar-refractivity contribution in [2.24, 2.45) is 5.92 Å². The van der Waals surface area contributed by atoms with Gasteiger partial charge in [0, 0.05) is 18.9 Å². The van der Waals surface area contributed by atoms with E-state index < -0.39 is 20.4 Å². The number of nitrogens with zero attached hydrogens (tertiary/aromatic N) is 1. The molecule has 0 saturated carbocycles. The minimum Gasteiger partial charge on any atom is -0.388 e. The maximum Gasteiger partial charge on any atom is 0.293 e. The summed E-state index contributed by atoms with van der Waals surface area (Å²) < 4.78 is 23.0. The number of aliphatic hydroxyl groups is 1. The molecule has 0 aliphatic heterocycles. The Labute approximate surface area is 136 Å². The quantitative estimate of drug-likeness (QED) is 0.554. The van der Waals surface area contributed by atoms with Crippen molar-refractivity contribution in [2.45, 2.75) is 44.1 Å². The summed E-state index contributed by atoms with van der Waals surface area (Å²) in [5.74, 6) is 0.449. The van der Waals surface area contributed by atoms with Crippen LogP contribution < -0.4 is 5.32 Å². The van der Waals surface area contributed by atoms with Crippen LogP contribution in [0.15, 0.2) is 23.1 Å². The molecule has 1 unspecified atom stereocenters. The predicted octanol–water partition coefficient (Wildman–Crippen LogP) is 2.60. The van der Waals surface area contributed by atoms with Crippen molar-refractivity contribution in [3.05, 3.63) is 28.3 Å². The monoisotopic (exact) mass is 344 g/mol. The number of rotatable bonds is 8. The van der Waals surface area contributed by atoms with E-state index in [1.807, 2.05) is 0 Å². The molecule has 0 radical (unpaired) electrons. The minimum absolute atomic E-state index is 0.110. The molecule has 0 heterocycles. The molecule has 0 saturated heterocycles. The number of nitro benzene ring substituents is 1. The number of sulfone groups is 1. The van der Waals surface area contributed by atoms with Crippen LogP contribution in [-0.4, -0.2) is 36.8 Å². The van der Waals surface area contributed by atoms with Gasteiger partial charge in [-0.3, -0.25) is 10.1 Å². The van der Waals surface area contributed by atoms with Gasteiger partial charge in [0.05, 0.1) is 15.4 Å². The molecule has 1 atom stereocenters. The second-order valence-corrected chi connectivity index (χ2v) is 8.51. The predicted molar refractivity (Wildman–Crippen MR) is 89.4 cm³/mol. The molecule has 0 bridgehead atoms. The zero-order valence-electron chi connectivity index (χ0n) is 13.9. The molecule has 0 amide bonds. The molecule has 0 fully saturated rings. The standard InChI is InChI=1S/C15H24N2O5S/c1-11(2)7-8-15(3,18)10-16-13-6-5-12(23(4,21)22)9-14(13)17(19)20/h5-6,9,11,16,18H,7-8,10H2,1-4H3. The van der Waals surface area contributed by atoms with Crippen LogP contribution in [0.2, 0.25) is 0 Å². The number of hydrogen-bond acceptors (Lipinski definition) is 6. The Morgan fingerprint density at radius 2 is 2.00 bits per heavy atom. The fourth-order valence-corrected chi connectivity index (χ4v) is 2.66. The highest BCUT2D eigenvalue weighted by atomic mass is 32.2. The molecule has 130 valence electrons. The Balaban J connectivity index is 2.94. The maximum atomic E-state index is 11.5. The lowest BCUT2D eigenvalue weighted by molar-refractivity contribution is -0.384. The Kier molecular flexibility index (Phi) is 6.12. The molecule has 0 aliphatic rings. The van der Waals surface area contributed by atoms with Crippen LogP contribution in [-0.2, 0) is 9.84 Å². The summed E-state index contributed by atoms with van der Waals surface area (Å²) >= 11 is 0. The van der Waals surface area contributed by atoms with Crippen molar-refractivity contribution in [3.63, 3.8) is 0 Å². The molecule has 1 aromatic carbocycles. The van der Waals surface area contributed by atoms with Crippen LogP contribution in [0.4, 0.5) is 11.4 Å². The number of nitrogens with one attached hydrogen (secondary N) is 1. The summed E-state index contributed by atoms with van der Waals surface area (Å²) in [6.07, 6.45) is 2.40. The third-order valence-electron chi connectivity index (χ3n) is 3.51. The normalized spacial score (nSPS) is 14.5. The van der Waals surface area contributed by atoms with Crippen molar-refractivity contribution < 1.29 is 18.4 Å². The van der Waals surface area contributed by atoms with Gasteiger partial charge in [0.1, 0.15) is 5.69 Å². The van der Waals surface area contributed by atoms with Gasteiger partial charge >= 0.3 is 0 Å². The molecule has 8 heteroatoms. The lowest BCUT2D eigenvalue weighted by Gasteiger charge is -2.25. The van der Waals surface area contributed by atoms with Crippen molar-refractivity contribution in [1.82, 2.24) is 0 Å². The van der Waals surface area contributed by atoms with E-state index in [2.05, 4.69) is 19.2 Å². The fraction of sp³-hybridized carbons (Fsp3) is 0.600. The first kappa shape index (κ1) is 19.4. The number of benzene rings is 1. The molecular formula is C15H24N2O5S. The van der Waals surface area contributed by atoms with Gasteiger partial charge in [-0.15, -0.1) is 0 Å². The van der Waals surface area contributed by atoms with E-state index in [0.717, 1.165) is 18.7 Å². The first-order chi connectivity index (χ1) is 10.4. The van der Waals surface area contributed by atoms with E-state index in [1.165, 1.54) is 12.1 Å². The highest BCUT2D eigenvalue weighted by Crippen LogP contribution is 2.28. The summed E-state index contributed by atoms with van der Waals surface area (Å²) in [4.78, 5) is 10.4. The average Bonchev–Trinajstić information content (AvgIpc) is 2.42. The first-order valence-electron chi connectivity index (χ1n) is 7.37. The van der Waals surface area contributed by atoms with Gasteiger partial charge in [-0.1, -0.05) is 13.8 Å². The highest BCUT2D eigenvalue weighted by molar-refractivity contribution is 7.90. The van der Waals surface area contributed by atoms with E-state index in [1.54, 1.807) is 6.92 Å². The van der Waals surface area contributed by atoms with Gasteiger partial charge in [-0.25, -0.2) is 8.42 Å². The third-order valence-corrected chi connectivity index (χ3v) is 4.62. The molecule has 23 heavy (non-hydrogen) atoms. The maximum absolute atomic E-state index is 11.5. The number of anilines is 1. The molecule has 7 nitrogen and oxygen atoms in total. The highest BCUT2D eigenvalue weighted by Gasteiger charge is 2.23. The smallest absolute Gasteiger partial charge is 0.293 e. The van der Waals surface area contributed by atoms with Crippen LogP contribution in [0.5, 0.6) is 0 Å². The molecule has 0 aromatic heterocycles. The van der Waals surface area contributed by atoms with Crippen molar-refractivity contribution in [1.29, 1.82) is 0 Å². The summed E-state index contributed by atoms with van der Waals surface area (Å²) in [5, 5.41) is 24.3. The largest absolute Gasteiger partial charge is 0.388 e. The topological polar surface area (TPSA) is 110 Å². The Hall–Kier alpha value is -1.67. The van der Waals surface area contributed by atoms with Crippen LogP contribution in [0.25, 0.3) is 0 Å². The molecule has 0 aliphatic carbocycles. The van der Waals surface area contributed by atoms with E-state index in [9.17, 15) is 23.6 Å². The lowest BCUT2D eigenvalue weighted by atomic mass is 9.95. The summed E-state index contributed by atoms with van der Waals surface area (Å²) in [7, 11) is -3.52. The first-order valence-corrected chi connectivity index (χ1v) is 9.26. The molecule has 2 N–H and O–H groups in total. The second-order valence-electron chi connectivity index (χ2n) is 6.49. The van der Waals surface area contributed by atoms with Gasteiger partial charge in [0.15, 0.2) is 9.84 Å². The van der Waals surface area contributed by atoms with Crippen LogP contribution in [0.3, 0.4) is 0 Å². The number of nitro groups is 1. The minimum atomic E-state index is -3.52. The van der Waals surface area contributed by atoms with Crippen LogP contribution >= 0.6 is 0 Å². The average molecular weight is 344 g/mol. The van der Waals surface area contributed by atoms with Crippen LogP contribution in [0, 0.1) is 16.0 Å². The van der Waals surface area contributed by atoms with Crippen molar-refractivity contribution in [2.75, 3.05) is 18.1 Å². The van der Waals surface area contributed by atoms with Crippen LogP contribution in [0.1, 0.15) is 33.6 Å². The van der Waals surface area contributed by atoms with Crippen molar-refractivity contribution >= 4 is 21.2 Å². The molecule has 1 rings (SSSR count). The molecule has 0 spiro atoms. The van der Waals surface area contributed by atoms with Gasteiger partial charge < -0.3 is 10.4 Å². The summed E-state index contributed by atoms with van der Waals surface area (Å²) in [5.41, 5.74) is -1.15. The van der Waals surface area contributed by atoms with Crippen molar-refractivity contribution in [3.8, 4) is 0 Å². The van der Waals surface area contributed by atoms with E-state index >= 15 is 0 Å². The van der Waals surface area contributed by atoms with E-state index in [0.29, 0.717) is 12.3 Å². The van der Waals surface area contributed by atoms with Gasteiger partial charge in [-0.05, 0) is 37.8 Å². The Morgan fingerprint density at radius 3 is 2.48 bits per heavy atom. The summed E-state index contributed by atoms with van der Waals surface area (Å²) in [6.45, 7) is 5.91. The van der Waals surface area contributed by atoms with Gasteiger partial charge in [0.2, 0.25) is 0 Å². The fourth-order valence-electron chi connectivity index (χ4n) is 2.02. The zero-order chi connectivity index (χ0) is 17.8. The SMILES string of the molecule is CC(C)CCC(C)(O)CNc1ccc(S(C)(=O)=O)cc1[N+](=O)[O-]. The van der Waals surface area contributed by atoms with E-state index in [-0.39, 0.29) is 22.8 Å².